The van der Waals surface area contributed by atoms with E-state index in [1.165, 1.54) is 5.56 Å². The molecule has 1 fully saturated rings. The van der Waals surface area contributed by atoms with Crippen molar-refractivity contribution in [2.45, 2.75) is 6.92 Å². The zero-order chi connectivity index (χ0) is 21.2. The van der Waals surface area contributed by atoms with E-state index in [1.807, 2.05) is 54.6 Å². The molecule has 31 heavy (non-hydrogen) atoms. The van der Waals surface area contributed by atoms with Crippen LogP contribution < -0.4 is 9.80 Å². The van der Waals surface area contributed by atoms with E-state index in [4.69, 9.17) is 16.1 Å². The normalized spacial score (nSPS) is 14.1. The lowest BCUT2D eigenvalue weighted by atomic mass is 10.1. The monoisotopic (exact) mass is 431 g/mol. The van der Waals surface area contributed by atoms with Gasteiger partial charge in [0.1, 0.15) is 5.82 Å². The predicted molar refractivity (Wildman–Crippen MR) is 124 cm³/mol. The van der Waals surface area contributed by atoms with Crippen molar-refractivity contribution < 1.29 is 4.52 Å². The highest BCUT2D eigenvalue weighted by atomic mass is 35.5. The van der Waals surface area contributed by atoms with Crippen LogP contribution in [0.1, 0.15) is 5.56 Å². The second-order valence-corrected chi connectivity index (χ2v) is 8.08. The Morgan fingerprint density at radius 1 is 0.871 bits per heavy atom. The van der Waals surface area contributed by atoms with Crippen LogP contribution in [0.5, 0.6) is 0 Å². The summed E-state index contributed by atoms with van der Waals surface area (Å²) in [5, 5.41) is 4.88. The Balaban J connectivity index is 1.25. The van der Waals surface area contributed by atoms with Gasteiger partial charge in [0, 0.05) is 48.6 Å². The number of anilines is 2. The maximum Gasteiger partial charge on any atom is 0.259 e. The molecular weight excluding hydrogens is 410 g/mol. The van der Waals surface area contributed by atoms with Crippen LogP contribution in [0.15, 0.2) is 71.4 Å². The number of nitrogens with zero attached hydrogens (tertiary/aromatic N) is 5. The van der Waals surface area contributed by atoms with Crippen LogP contribution in [-0.4, -0.2) is 41.3 Å². The number of rotatable bonds is 4. The summed E-state index contributed by atoms with van der Waals surface area (Å²) in [5.41, 5.74) is 4.10. The molecule has 1 aliphatic heterocycles. The van der Waals surface area contributed by atoms with Crippen LogP contribution in [0.25, 0.3) is 22.8 Å². The second kappa shape index (κ2) is 8.40. The second-order valence-electron chi connectivity index (χ2n) is 7.65. The molecule has 4 aromatic rings. The number of hydrogen-bond donors (Lipinski definition) is 0. The molecule has 5 rings (SSSR count). The Morgan fingerprint density at radius 3 is 2.32 bits per heavy atom. The molecule has 0 atom stereocenters. The Morgan fingerprint density at radius 2 is 1.61 bits per heavy atom. The van der Waals surface area contributed by atoms with Crippen molar-refractivity contribution in [1.82, 2.24) is 15.1 Å². The molecule has 2 aromatic carbocycles. The van der Waals surface area contributed by atoms with Crippen LogP contribution in [-0.2, 0) is 0 Å². The smallest absolute Gasteiger partial charge is 0.259 e. The highest BCUT2D eigenvalue weighted by molar-refractivity contribution is 6.30. The summed E-state index contributed by atoms with van der Waals surface area (Å²) in [5.74, 6) is 2.00. The fraction of sp³-hybridized carbons (Fsp3) is 0.208. The number of halogens is 1. The van der Waals surface area contributed by atoms with Gasteiger partial charge in [0.05, 0.1) is 5.56 Å². The van der Waals surface area contributed by atoms with Crippen LogP contribution in [0.2, 0.25) is 5.02 Å². The molecule has 6 nitrogen and oxygen atoms in total. The van der Waals surface area contributed by atoms with E-state index in [9.17, 15) is 0 Å². The maximum atomic E-state index is 6.13. The third-order valence-electron chi connectivity index (χ3n) is 5.51. The Labute approximate surface area is 186 Å². The third kappa shape index (κ3) is 4.25. The molecule has 2 aromatic heterocycles. The van der Waals surface area contributed by atoms with Gasteiger partial charge in [-0.3, -0.25) is 0 Å². The Bertz CT molecular complexity index is 1170. The fourth-order valence-corrected chi connectivity index (χ4v) is 3.91. The van der Waals surface area contributed by atoms with E-state index in [0.717, 1.165) is 53.8 Å². The van der Waals surface area contributed by atoms with Crippen LogP contribution in [0, 0.1) is 6.92 Å². The summed E-state index contributed by atoms with van der Waals surface area (Å²) < 4.78 is 5.46. The zero-order valence-corrected chi connectivity index (χ0v) is 18.0. The average molecular weight is 432 g/mol. The molecule has 0 spiro atoms. The van der Waals surface area contributed by atoms with Crippen molar-refractivity contribution >= 4 is 23.1 Å². The third-order valence-corrected chi connectivity index (χ3v) is 5.74. The minimum absolute atomic E-state index is 0.473. The molecule has 0 saturated carbocycles. The highest BCUT2D eigenvalue weighted by Gasteiger charge is 2.19. The first-order chi connectivity index (χ1) is 15.2. The van der Waals surface area contributed by atoms with Gasteiger partial charge in [0.25, 0.3) is 5.89 Å². The molecular formula is C24H22ClN5O. The SMILES string of the molecule is Cc1ccc(-c2noc(-c3ccc(N4CCN(c5cccc(Cl)c5)CC4)nc3)n2)cc1. The number of aromatic nitrogens is 3. The van der Waals surface area contributed by atoms with Crippen LogP contribution in [0.3, 0.4) is 0 Å². The lowest BCUT2D eigenvalue weighted by molar-refractivity contribution is 0.432. The molecule has 0 aliphatic carbocycles. The summed E-state index contributed by atoms with van der Waals surface area (Å²) >= 11 is 6.13. The zero-order valence-electron chi connectivity index (χ0n) is 17.2. The van der Waals surface area contributed by atoms with Gasteiger partial charge in [-0.05, 0) is 37.3 Å². The largest absolute Gasteiger partial charge is 0.368 e. The lowest BCUT2D eigenvalue weighted by Crippen LogP contribution is -2.46. The average Bonchev–Trinajstić information content (AvgIpc) is 3.30. The maximum absolute atomic E-state index is 6.13. The van der Waals surface area contributed by atoms with Gasteiger partial charge in [0.15, 0.2) is 0 Å². The van der Waals surface area contributed by atoms with Gasteiger partial charge >= 0.3 is 0 Å². The van der Waals surface area contributed by atoms with Crippen LogP contribution in [0.4, 0.5) is 11.5 Å². The summed E-state index contributed by atoms with van der Waals surface area (Å²) in [6, 6.07) is 20.1. The van der Waals surface area contributed by atoms with E-state index < -0.39 is 0 Å². The minimum atomic E-state index is 0.473. The molecule has 0 unspecified atom stereocenters. The van der Waals surface area contributed by atoms with Crippen molar-refractivity contribution in [3.8, 4) is 22.8 Å². The highest BCUT2D eigenvalue weighted by Crippen LogP contribution is 2.25. The Hall–Kier alpha value is -3.38. The first-order valence-electron chi connectivity index (χ1n) is 10.3. The van der Waals surface area contributed by atoms with Gasteiger partial charge in [-0.15, -0.1) is 0 Å². The number of hydrogen-bond acceptors (Lipinski definition) is 6. The lowest BCUT2D eigenvalue weighted by Gasteiger charge is -2.36. The number of aryl methyl sites for hydroxylation is 1. The van der Waals surface area contributed by atoms with E-state index in [-0.39, 0.29) is 0 Å². The fourth-order valence-electron chi connectivity index (χ4n) is 3.73. The number of benzene rings is 2. The summed E-state index contributed by atoms with van der Waals surface area (Å²) in [7, 11) is 0. The molecule has 1 saturated heterocycles. The minimum Gasteiger partial charge on any atom is -0.368 e. The van der Waals surface area contributed by atoms with Gasteiger partial charge < -0.3 is 14.3 Å². The quantitative estimate of drug-likeness (QED) is 0.448. The molecule has 0 N–H and O–H groups in total. The first kappa shape index (κ1) is 19.6. The van der Waals surface area contributed by atoms with Crippen molar-refractivity contribution in [1.29, 1.82) is 0 Å². The van der Waals surface area contributed by atoms with Crippen molar-refractivity contribution in [2.24, 2.45) is 0 Å². The standard InChI is InChI=1S/C24H22ClN5O/c1-17-5-7-18(8-6-17)23-27-24(31-28-23)19-9-10-22(26-16-19)30-13-11-29(12-14-30)21-4-2-3-20(25)15-21/h2-10,15-16H,11-14H2,1H3. The molecule has 156 valence electrons. The van der Waals surface area contributed by atoms with Crippen molar-refractivity contribution in [2.75, 3.05) is 36.0 Å². The summed E-state index contributed by atoms with van der Waals surface area (Å²) in [4.78, 5) is 13.8. The Kier molecular flexibility index (Phi) is 5.30. The van der Waals surface area contributed by atoms with Gasteiger partial charge in [-0.25, -0.2) is 4.98 Å². The van der Waals surface area contributed by atoms with E-state index >= 15 is 0 Å². The molecule has 7 heteroatoms. The van der Waals surface area contributed by atoms with E-state index in [2.05, 4.69) is 37.9 Å². The predicted octanol–water partition coefficient (Wildman–Crippen LogP) is 5.09. The molecule has 1 aliphatic rings. The van der Waals surface area contributed by atoms with Gasteiger partial charge in [0.2, 0.25) is 5.82 Å². The molecule has 0 radical (unpaired) electrons. The van der Waals surface area contributed by atoms with Gasteiger partial charge in [-0.1, -0.05) is 52.7 Å². The molecule has 0 amide bonds. The van der Waals surface area contributed by atoms with Crippen molar-refractivity contribution in [3.05, 3.63) is 77.4 Å². The number of pyridine rings is 1. The van der Waals surface area contributed by atoms with E-state index in [1.54, 1.807) is 6.20 Å². The molecule has 0 bridgehead atoms. The van der Waals surface area contributed by atoms with Gasteiger partial charge in [-0.2, -0.15) is 4.98 Å². The van der Waals surface area contributed by atoms with Crippen molar-refractivity contribution in [3.63, 3.8) is 0 Å². The number of piperazine rings is 1. The molecule has 3 heterocycles. The van der Waals surface area contributed by atoms with E-state index in [0.29, 0.717) is 11.7 Å². The summed E-state index contributed by atoms with van der Waals surface area (Å²) in [6.45, 7) is 5.70. The summed E-state index contributed by atoms with van der Waals surface area (Å²) in [6.07, 6.45) is 1.80. The van der Waals surface area contributed by atoms with Crippen LogP contribution >= 0.6 is 11.6 Å². The first-order valence-corrected chi connectivity index (χ1v) is 10.7. The topological polar surface area (TPSA) is 58.3 Å².